The zero-order valence-electron chi connectivity index (χ0n) is 23.5. The van der Waals surface area contributed by atoms with E-state index in [9.17, 15) is 9.59 Å². The molecule has 0 aliphatic carbocycles. The van der Waals surface area contributed by atoms with Crippen LogP contribution in [-0.2, 0) is 11.8 Å². The molecule has 9 heteroatoms. The van der Waals surface area contributed by atoms with Crippen LogP contribution in [0.15, 0.2) is 57.7 Å². The van der Waals surface area contributed by atoms with Crippen molar-refractivity contribution in [3.05, 3.63) is 86.3 Å². The molecule has 0 amide bonds. The van der Waals surface area contributed by atoms with Gasteiger partial charge in [-0.05, 0) is 71.4 Å². The monoisotopic (exact) mass is 558 g/mol. The first kappa shape index (κ1) is 27.4. The minimum absolute atomic E-state index is 0.0733. The molecule has 0 aliphatic rings. The van der Waals surface area contributed by atoms with Crippen LogP contribution in [0.4, 0.5) is 5.69 Å². The number of aryl methyl sites for hydroxylation is 2. The number of pyridine rings is 1. The van der Waals surface area contributed by atoms with Gasteiger partial charge < -0.3 is 14.5 Å². The molecule has 0 fully saturated rings. The number of carbonyl (C=O) groups is 1. The van der Waals surface area contributed by atoms with E-state index in [1.54, 1.807) is 44.5 Å². The number of anilines is 1. The summed E-state index contributed by atoms with van der Waals surface area (Å²) in [5, 5.41) is 9.60. The summed E-state index contributed by atoms with van der Waals surface area (Å²) in [5.41, 5.74) is 3.83. The van der Waals surface area contributed by atoms with E-state index in [2.05, 4.69) is 10.3 Å². The van der Waals surface area contributed by atoms with Crippen LogP contribution in [0.5, 0.6) is 0 Å². The van der Waals surface area contributed by atoms with Gasteiger partial charge in [0.25, 0.3) is 0 Å². The first-order valence-corrected chi connectivity index (χ1v) is 13.4. The summed E-state index contributed by atoms with van der Waals surface area (Å²) in [6.07, 6.45) is 0. The number of carbonyl (C=O) groups excluding carboxylic acids is 1. The fraction of sp³-hybridized carbons (Fsp3) is 0.290. The lowest BCUT2D eigenvalue weighted by Gasteiger charge is -2.22. The molecule has 0 aliphatic heterocycles. The topological polar surface area (TPSA) is 99.2 Å². The molecule has 1 atom stereocenters. The minimum Gasteiger partial charge on any atom is -0.455 e. The van der Waals surface area contributed by atoms with Crippen LogP contribution in [0.25, 0.3) is 33.3 Å². The van der Waals surface area contributed by atoms with Gasteiger partial charge in [-0.1, -0.05) is 35.9 Å². The van der Waals surface area contributed by atoms with Crippen molar-refractivity contribution in [2.45, 2.75) is 53.2 Å². The number of benzene rings is 2. The van der Waals surface area contributed by atoms with Crippen molar-refractivity contribution in [1.82, 2.24) is 14.8 Å². The predicted molar refractivity (Wildman–Crippen MR) is 158 cm³/mol. The van der Waals surface area contributed by atoms with E-state index in [0.29, 0.717) is 33.7 Å². The Morgan fingerprint density at radius 1 is 1.10 bits per heavy atom. The van der Waals surface area contributed by atoms with E-state index in [0.717, 1.165) is 22.0 Å². The maximum atomic E-state index is 13.7. The highest BCUT2D eigenvalue weighted by molar-refractivity contribution is 6.29. The normalized spacial score (nSPS) is 12.6. The largest absolute Gasteiger partial charge is 0.455 e. The average molecular weight is 559 g/mol. The van der Waals surface area contributed by atoms with Crippen molar-refractivity contribution in [2.75, 3.05) is 5.32 Å². The van der Waals surface area contributed by atoms with Gasteiger partial charge >= 0.3 is 5.97 Å². The third-order valence-corrected chi connectivity index (χ3v) is 6.87. The van der Waals surface area contributed by atoms with E-state index < -0.39 is 11.6 Å². The van der Waals surface area contributed by atoms with Crippen LogP contribution in [-0.4, -0.2) is 26.3 Å². The molecule has 3 heterocycles. The second kappa shape index (κ2) is 10.1. The van der Waals surface area contributed by atoms with Crippen molar-refractivity contribution < 1.29 is 13.9 Å². The molecule has 5 rings (SSSR count). The number of nitrogens with one attached hydrogen (secondary N) is 1. The van der Waals surface area contributed by atoms with Gasteiger partial charge in [0.15, 0.2) is 16.9 Å². The van der Waals surface area contributed by atoms with Crippen LogP contribution in [0.2, 0.25) is 5.15 Å². The number of ether oxygens (including phenoxy) is 1. The summed E-state index contributed by atoms with van der Waals surface area (Å²) in [7, 11) is 1.86. The van der Waals surface area contributed by atoms with Crippen molar-refractivity contribution in [3.8, 4) is 11.5 Å². The Morgan fingerprint density at radius 2 is 1.82 bits per heavy atom. The van der Waals surface area contributed by atoms with Crippen molar-refractivity contribution in [1.29, 1.82) is 0 Å². The van der Waals surface area contributed by atoms with E-state index in [1.807, 2.05) is 57.3 Å². The zero-order chi connectivity index (χ0) is 28.9. The summed E-state index contributed by atoms with van der Waals surface area (Å²) >= 11 is 6.13. The molecular formula is C31H31ClN4O4. The van der Waals surface area contributed by atoms with Gasteiger partial charge in [0.05, 0.1) is 22.6 Å². The number of esters is 1. The maximum Gasteiger partial charge on any atom is 0.359 e. The van der Waals surface area contributed by atoms with Crippen LogP contribution >= 0.6 is 11.6 Å². The van der Waals surface area contributed by atoms with Crippen LogP contribution in [0, 0.1) is 13.8 Å². The molecule has 0 saturated carbocycles. The Kier molecular flexibility index (Phi) is 6.92. The van der Waals surface area contributed by atoms with Gasteiger partial charge in [-0.15, -0.1) is 0 Å². The molecular weight excluding hydrogens is 528 g/mol. The predicted octanol–water partition coefficient (Wildman–Crippen LogP) is 7.14. The number of hydrogen-bond acceptors (Lipinski definition) is 7. The number of halogens is 1. The Hall–Kier alpha value is -4.17. The molecule has 0 saturated heterocycles. The SMILES string of the molecule is Cc1cc([C@@H](C)Nc2ccc(Cl)nc2C(=O)OC(C)(C)C)c2oc(-c3nn(C)c4ccccc34)c(C)c(=O)c2c1. The first-order chi connectivity index (χ1) is 18.8. The summed E-state index contributed by atoms with van der Waals surface area (Å²) in [6.45, 7) is 11.0. The van der Waals surface area contributed by atoms with Crippen molar-refractivity contribution in [3.63, 3.8) is 0 Å². The Bertz CT molecular complexity index is 1850. The number of hydrogen-bond donors (Lipinski definition) is 1. The van der Waals surface area contributed by atoms with E-state index >= 15 is 0 Å². The first-order valence-electron chi connectivity index (χ1n) is 13.0. The van der Waals surface area contributed by atoms with Crippen molar-refractivity contribution >= 4 is 45.1 Å². The quantitative estimate of drug-likeness (QED) is 0.181. The molecule has 3 aromatic heterocycles. The summed E-state index contributed by atoms with van der Waals surface area (Å²) in [5.74, 6) is -0.167. The number of aromatic nitrogens is 3. The van der Waals surface area contributed by atoms with E-state index in [1.165, 1.54) is 0 Å². The third-order valence-electron chi connectivity index (χ3n) is 6.66. The molecule has 2 aromatic carbocycles. The fourth-order valence-corrected chi connectivity index (χ4v) is 4.99. The standard InChI is InChI=1S/C31H31ClN4O4/c1-16-14-20(18(3)33-22-12-13-24(32)34-26(22)30(38)40-31(4,5)6)29-21(15-16)27(37)17(2)28(39-29)25-19-10-8-9-11-23(19)36(7)35-25/h8-15,18,33H,1-7H3/t18-/m1/s1. The van der Waals surface area contributed by atoms with Gasteiger partial charge in [-0.2, -0.15) is 5.10 Å². The lowest BCUT2D eigenvalue weighted by Crippen LogP contribution is -2.25. The highest BCUT2D eigenvalue weighted by atomic mass is 35.5. The lowest BCUT2D eigenvalue weighted by atomic mass is 9.99. The maximum absolute atomic E-state index is 13.7. The average Bonchev–Trinajstić information content (AvgIpc) is 3.22. The lowest BCUT2D eigenvalue weighted by molar-refractivity contribution is 0.00640. The number of nitrogens with zero attached hydrogens (tertiary/aromatic N) is 3. The number of para-hydroxylation sites is 1. The van der Waals surface area contributed by atoms with Gasteiger partial charge in [0, 0.05) is 23.6 Å². The molecule has 8 nitrogen and oxygen atoms in total. The number of fused-ring (bicyclic) bond motifs is 2. The highest BCUT2D eigenvalue weighted by Gasteiger charge is 2.25. The van der Waals surface area contributed by atoms with Gasteiger partial charge in [-0.3, -0.25) is 9.48 Å². The second-order valence-corrected chi connectivity index (χ2v) is 11.4. The summed E-state index contributed by atoms with van der Waals surface area (Å²) in [6, 6.07) is 14.5. The van der Waals surface area contributed by atoms with Gasteiger partial charge in [-0.25, -0.2) is 9.78 Å². The fourth-order valence-electron chi connectivity index (χ4n) is 4.84. The molecule has 206 valence electrons. The Balaban J connectivity index is 1.65. The molecule has 1 N–H and O–H groups in total. The molecule has 5 aromatic rings. The van der Waals surface area contributed by atoms with Gasteiger partial charge in [0.2, 0.25) is 0 Å². The summed E-state index contributed by atoms with van der Waals surface area (Å²) in [4.78, 5) is 30.9. The van der Waals surface area contributed by atoms with E-state index in [-0.39, 0.29) is 22.3 Å². The minimum atomic E-state index is -0.704. The zero-order valence-corrected chi connectivity index (χ0v) is 24.3. The molecule has 0 unspecified atom stereocenters. The smallest absolute Gasteiger partial charge is 0.359 e. The van der Waals surface area contributed by atoms with Gasteiger partial charge in [0.1, 0.15) is 22.0 Å². The molecule has 40 heavy (non-hydrogen) atoms. The van der Waals surface area contributed by atoms with Crippen LogP contribution in [0.3, 0.4) is 0 Å². The summed E-state index contributed by atoms with van der Waals surface area (Å²) < 4.78 is 13.9. The molecule has 0 bridgehead atoms. The van der Waals surface area contributed by atoms with Crippen LogP contribution < -0.4 is 10.7 Å². The Labute approximate surface area is 236 Å². The second-order valence-electron chi connectivity index (χ2n) is 11.0. The van der Waals surface area contributed by atoms with Crippen molar-refractivity contribution in [2.24, 2.45) is 7.05 Å². The molecule has 0 radical (unpaired) electrons. The third kappa shape index (κ3) is 5.07. The van der Waals surface area contributed by atoms with E-state index in [4.69, 9.17) is 25.9 Å². The Morgan fingerprint density at radius 3 is 2.55 bits per heavy atom. The highest BCUT2D eigenvalue weighted by Crippen LogP contribution is 2.35. The molecule has 0 spiro atoms. The van der Waals surface area contributed by atoms with Crippen LogP contribution in [0.1, 0.15) is 60.9 Å². The number of rotatable bonds is 5.